The maximum Gasteiger partial charge on any atom is 0.251 e. The predicted molar refractivity (Wildman–Crippen MR) is 132 cm³/mol. The molecule has 174 valence electrons. The van der Waals surface area contributed by atoms with E-state index in [0.717, 1.165) is 29.7 Å². The number of hydrogen-bond acceptors (Lipinski definition) is 3. The number of aromatic nitrogens is 2. The summed E-state index contributed by atoms with van der Waals surface area (Å²) in [5, 5.41) is 7.68. The van der Waals surface area contributed by atoms with Crippen molar-refractivity contribution in [3.8, 4) is 22.7 Å². The Labute approximate surface area is 199 Å². The summed E-state index contributed by atoms with van der Waals surface area (Å²) < 4.78 is 22.1. The Morgan fingerprint density at radius 2 is 1.82 bits per heavy atom. The second-order valence-electron chi connectivity index (χ2n) is 8.18. The van der Waals surface area contributed by atoms with Crippen LogP contribution < -0.4 is 10.1 Å². The molecule has 6 heteroatoms. The van der Waals surface area contributed by atoms with Gasteiger partial charge in [-0.15, -0.1) is 0 Å². The molecule has 0 fully saturated rings. The number of carbonyl (C=O) groups is 1. The highest BCUT2D eigenvalue weighted by Crippen LogP contribution is 2.28. The third-order valence-electron chi connectivity index (χ3n) is 5.52. The first-order valence-corrected chi connectivity index (χ1v) is 11.5. The van der Waals surface area contributed by atoms with Gasteiger partial charge in [0.25, 0.3) is 5.91 Å². The van der Waals surface area contributed by atoms with Crippen LogP contribution in [0.4, 0.5) is 4.39 Å². The fourth-order valence-corrected chi connectivity index (χ4v) is 3.57. The maximum atomic E-state index is 14.8. The van der Waals surface area contributed by atoms with Crippen molar-refractivity contribution < 1.29 is 13.9 Å². The summed E-state index contributed by atoms with van der Waals surface area (Å²) >= 11 is 0. The van der Waals surface area contributed by atoms with E-state index in [1.54, 1.807) is 28.9 Å². The molecule has 1 amide bonds. The van der Waals surface area contributed by atoms with Crippen LogP contribution in [0.1, 0.15) is 41.3 Å². The van der Waals surface area contributed by atoms with Crippen LogP contribution in [0, 0.1) is 12.7 Å². The van der Waals surface area contributed by atoms with Gasteiger partial charge < -0.3 is 10.1 Å². The van der Waals surface area contributed by atoms with Crippen LogP contribution in [-0.4, -0.2) is 22.3 Å². The molecule has 4 rings (SSSR count). The van der Waals surface area contributed by atoms with Gasteiger partial charge in [0, 0.05) is 29.4 Å². The number of carbonyl (C=O) groups excluding carboxylic acids is 1. The molecule has 34 heavy (non-hydrogen) atoms. The molecular weight excluding hydrogens is 429 g/mol. The van der Waals surface area contributed by atoms with E-state index >= 15 is 0 Å². The molecule has 0 bridgehead atoms. The molecule has 0 aliphatic heterocycles. The first-order valence-electron chi connectivity index (χ1n) is 11.5. The average molecular weight is 458 g/mol. The number of aryl methyl sites for hydroxylation is 1. The summed E-state index contributed by atoms with van der Waals surface area (Å²) in [7, 11) is 0. The molecule has 3 aromatic carbocycles. The van der Waals surface area contributed by atoms with Gasteiger partial charge in [-0.3, -0.25) is 4.79 Å². The highest BCUT2D eigenvalue weighted by Gasteiger charge is 2.16. The van der Waals surface area contributed by atoms with Gasteiger partial charge >= 0.3 is 0 Å². The maximum absolute atomic E-state index is 14.8. The van der Waals surface area contributed by atoms with Crippen molar-refractivity contribution in [1.29, 1.82) is 0 Å². The first kappa shape index (κ1) is 23.2. The lowest BCUT2D eigenvalue weighted by Gasteiger charge is -2.09. The average Bonchev–Trinajstić information content (AvgIpc) is 3.29. The predicted octanol–water partition coefficient (Wildman–Crippen LogP) is 6.10. The molecule has 0 radical (unpaired) electrons. The number of nitrogens with zero attached hydrogens (tertiary/aromatic N) is 2. The second-order valence-corrected chi connectivity index (χ2v) is 8.18. The van der Waals surface area contributed by atoms with E-state index in [9.17, 15) is 9.18 Å². The fraction of sp³-hybridized carbons (Fsp3) is 0.214. The molecule has 0 spiro atoms. The van der Waals surface area contributed by atoms with Crippen LogP contribution >= 0.6 is 0 Å². The minimum atomic E-state index is -0.433. The number of benzene rings is 3. The number of nitrogens with one attached hydrogen (secondary N) is 1. The van der Waals surface area contributed by atoms with Gasteiger partial charge in [-0.2, -0.15) is 5.10 Å². The molecule has 1 heterocycles. The van der Waals surface area contributed by atoms with Crippen molar-refractivity contribution in [2.75, 3.05) is 6.61 Å². The van der Waals surface area contributed by atoms with Crippen molar-refractivity contribution in [1.82, 2.24) is 15.1 Å². The summed E-state index contributed by atoms with van der Waals surface area (Å²) in [6, 6.07) is 21.9. The number of ether oxygens (including phenoxy) is 1. The van der Waals surface area contributed by atoms with Crippen molar-refractivity contribution in [3.05, 3.63) is 102 Å². The monoisotopic (exact) mass is 457 g/mol. The van der Waals surface area contributed by atoms with E-state index in [4.69, 9.17) is 9.84 Å². The standard InChI is InChI=1S/C28H28FN3O2/c1-3-4-16-34-26-15-14-22(17-25(26)29)27-23(19-32(31-27)24-8-6-5-7-9-24)18-30-28(33)21-12-10-20(2)11-13-21/h5-15,17,19H,3-4,16,18H2,1-2H3,(H,30,33). The van der Waals surface area contributed by atoms with Gasteiger partial charge in [0.2, 0.25) is 0 Å². The van der Waals surface area contributed by atoms with Crippen LogP contribution in [0.2, 0.25) is 0 Å². The highest BCUT2D eigenvalue weighted by molar-refractivity contribution is 5.94. The molecule has 1 aromatic heterocycles. The number of halogens is 1. The summed E-state index contributed by atoms with van der Waals surface area (Å²) in [6.45, 7) is 4.77. The lowest BCUT2D eigenvalue weighted by molar-refractivity contribution is 0.0951. The van der Waals surface area contributed by atoms with Gasteiger partial charge in [-0.1, -0.05) is 49.2 Å². The van der Waals surface area contributed by atoms with E-state index in [1.807, 2.05) is 55.6 Å². The third kappa shape index (κ3) is 5.52. The van der Waals surface area contributed by atoms with Crippen LogP contribution in [0.15, 0.2) is 79.0 Å². The number of amides is 1. The number of hydrogen-bond donors (Lipinski definition) is 1. The Morgan fingerprint density at radius 1 is 1.06 bits per heavy atom. The lowest BCUT2D eigenvalue weighted by Crippen LogP contribution is -2.22. The molecule has 5 nitrogen and oxygen atoms in total. The Balaban J connectivity index is 1.61. The summed E-state index contributed by atoms with van der Waals surface area (Å²) in [5.41, 5.74) is 4.55. The Hall–Kier alpha value is -3.93. The Bertz CT molecular complexity index is 1250. The molecule has 0 unspecified atom stereocenters. The molecular formula is C28H28FN3O2. The zero-order chi connectivity index (χ0) is 23.9. The molecule has 0 saturated heterocycles. The second kappa shape index (κ2) is 10.8. The van der Waals surface area contributed by atoms with Crippen LogP contribution in [-0.2, 0) is 6.54 Å². The molecule has 1 N–H and O–H groups in total. The first-order chi connectivity index (χ1) is 16.5. The van der Waals surface area contributed by atoms with Gasteiger partial charge in [0.05, 0.1) is 18.0 Å². The largest absolute Gasteiger partial charge is 0.491 e. The summed E-state index contributed by atoms with van der Waals surface area (Å²) in [4.78, 5) is 12.7. The van der Waals surface area contributed by atoms with Crippen molar-refractivity contribution >= 4 is 5.91 Å². The number of para-hydroxylation sites is 1. The molecule has 0 aliphatic rings. The van der Waals surface area contributed by atoms with Gasteiger partial charge in [0.1, 0.15) is 0 Å². The van der Waals surface area contributed by atoms with Crippen LogP contribution in [0.3, 0.4) is 0 Å². The topological polar surface area (TPSA) is 56.1 Å². The minimum Gasteiger partial charge on any atom is -0.491 e. The van der Waals surface area contributed by atoms with E-state index in [-0.39, 0.29) is 18.2 Å². The molecule has 0 atom stereocenters. The van der Waals surface area contributed by atoms with Crippen molar-refractivity contribution in [2.45, 2.75) is 33.2 Å². The summed E-state index contributed by atoms with van der Waals surface area (Å²) in [5.74, 6) is -0.379. The lowest BCUT2D eigenvalue weighted by atomic mass is 10.1. The normalized spacial score (nSPS) is 10.8. The SMILES string of the molecule is CCCCOc1ccc(-c2nn(-c3ccccc3)cc2CNC(=O)c2ccc(C)cc2)cc1F. The fourth-order valence-electron chi connectivity index (χ4n) is 3.57. The Kier molecular flexibility index (Phi) is 7.38. The smallest absolute Gasteiger partial charge is 0.251 e. The molecule has 0 aliphatic carbocycles. The van der Waals surface area contributed by atoms with Crippen LogP contribution in [0.5, 0.6) is 5.75 Å². The van der Waals surface area contributed by atoms with Gasteiger partial charge in [-0.25, -0.2) is 9.07 Å². The minimum absolute atomic E-state index is 0.177. The third-order valence-corrected chi connectivity index (χ3v) is 5.52. The zero-order valence-corrected chi connectivity index (χ0v) is 19.4. The summed E-state index contributed by atoms with van der Waals surface area (Å²) in [6.07, 6.45) is 3.71. The van der Waals surface area contributed by atoms with E-state index < -0.39 is 5.82 Å². The Morgan fingerprint density at radius 3 is 2.53 bits per heavy atom. The van der Waals surface area contributed by atoms with Gasteiger partial charge in [0.15, 0.2) is 11.6 Å². The van der Waals surface area contributed by atoms with Crippen molar-refractivity contribution in [3.63, 3.8) is 0 Å². The number of unbranched alkanes of at least 4 members (excludes halogenated alkanes) is 1. The van der Waals surface area contributed by atoms with Gasteiger partial charge in [-0.05, 0) is 55.8 Å². The van der Waals surface area contributed by atoms with E-state index in [0.29, 0.717) is 23.4 Å². The molecule has 0 saturated carbocycles. The number of rotatable bonds is 9. The van der Waals surface area contributed by atoms with E-state index in [1.165, 1.54) is 6.07 Å². The quantitative estimate of drug-likeness (QED) is 0.309. The zero-order valence-electron chi connectivity index (χ0n) is 19.4. The molecule has 4 aromatic rings. The van der Waals surface area contributed by atoms with Crippen molar-refractivity contribution in [2.24, 2.45) is 0 Å². The highest BCUT2D eigenvalue weighted by atomic mass is 19.1. The van der Waals surface area contributed by atoms with Crippen LogP contribution in [0.25, 0.3) is 16.9 Å². The van der Waals surface area contributed by atoms with E-state index in [2.05, 4.69) is 12.2 Å².